The van der Waals surface area contributed by atoms with Crippen molar-refractivity contribution in [1.82, 2.24) is 14.7 Å². The van der Waals surface area contributed by atoms with Gasteiger partial charge in [0.2, 0.25) is 0 Å². The molecule has 2 aromatic rings. The third-order valence-electron chi connectivity index (χ3n) is 4.35. The molecular weight excluding hydrogens is 286 g/mol. The number of carbonyl (C=O) groups is 1. The lowest BCUT2D eigenvalue weighted by Crippen LogP contribution is -2.43. The van der Waals surface area contributed by atoms with Crippen molar-refractivity contribution in [3.8, 4) is 0 Å². The van der Waals surface area contributed by atoms with Gasteiger partial charge in [0.1, 0.15) is 5.69 Å². The van der Waals surface area contributed by atoms with Gasteiger partial charge in [-0.2, -0.15) is 5.10 Å². The first-order chi connectivity index (χ1) is 10.8. The molecule has 0 aliphatic rings. The fourth-order valence-corrected chi connectivity index (χ4v) is 2.52. The van der Waals surface area contributed by atoms with E-state index in [0.717, 1.165) is 16.8 Å². The second-order valence-corrected chi connectivity index (χ2v) is 5.97. The Bertz CT molecular complexity index is 657. The Morgan fingerprint density at radius 2 is 1.65 bits per heavy atom. The normalized spacial score (nSPS) is 10.8. The van der Waals surface area contributed by atoms with Crippen molar-refractivity contribution in [3.05, 3.63) is 52.8 Å². The lowest BCUT2D eigenvalue weighted by Gasteiger charge is -2.36. The smallest absolute Gasteiger partial charge is 0.272 e. The van der Waals surface area contributed by atoms with Gasteiger partial charge >= 0.3 is 0 Å². The van der Waals surface area contributed by atoms with Crippen LogP contribution in [0.2, 0.25) is 0 Å². The van der Waals surface area contributed by atoms with E-state index in [9.17, 15) is 4.79 Å². The number of amides is 1. The van der Waals surface area contributed by atoms with Crippen LogP contribution in [0, 0.1) is 13.8 Å². The Labute approximate surface area is 140 Å². The summed E-state index contributed by atoms with van der Waals surface area (Å²) in [6.45, 7) is 12.0. The van der Waals surface area contributed by atoms with E-state index in [2.05, 4.69) is 18.9 Å². The summed E-state index contributed by atoms with van der Waals surface area (Å²) in [7, 11) is 3.66. The number of benzene rings is 1. The van der Waals surface area contributed by atoms with Gasteiger partial charge in [-0.05, 0) is 33.3 Å². The van der Waals surface area contributed by atoms with Gasteiger partial charge < -0.3 is 4.90 Å². The highest BCUT2D eigenvalue weighted by molar-refractivity contribution is 5.94. The van der Waals surface area contributed by atoms with Crippen molar-refractivity contribution in [1.29, 1.82) is 0 Å². The highest BCUT2D eigenvalue weighted by Gasteiger charge is 2.32. The molecule has 0 atom stereocenters. The van der Waals surface area contributed by atoms with Gasteiger partial charge in [0.05, 0.1) is 11.2 Å². The summed E-state index contributed by atoms with van der Waals surface area (Å²) in [6.07, 6.45) is 0. The maximum atomic E-state index is 12.9. The van der Waals surface area contributed by atoms with E-state index in [0.29, 0.717) is 5.69 Å². The van der Waals surface area contributed by atoms with E-state index < -0.39 is 0 Å². The van der Waals surface area contributed by atoms with Crippen molar-refractivity contribution < 1.29 is 4.79 Å². The fourth-order valence-electron chi connectivity index (χ4n) is 2.52. The molecule has 0 aliphatic carbocycles. The Morgan fingerprint density at radius 3 is 2.09 bits per heavy atom. The number of carbonyl (C=O) groups excluding carboxylic acids is 1. The number of aromatic nitrogens is 2. The van der Waals surface area contributed by atoms with E-state index in [1.807, 2.05) is 72.1 Å². The predicted molar refractivity (Wildman–Crippen MR) is 95.6 cm³/mol. The van der Waals surface area contributed by atoms with Crippen molar-refractivity contribution in [2.45, 2.75) is 47.1 Å². The first-order valence-corrected chi connectivity index (χ1v) is 8.10. The molecular formula is C19H29N3O. The highest BCUT2D eigenvalue weighted by atomic mass is 16.2. The maximum absolute atomic E-state index is 12.9. The van der Waals surface area contributed by atoms with Crippen LogP contribution in [0.5, 0.6) is 0 Å². The Balaban J connectivity index is 0.00000127. The van der Waals surface area contributed by atoms with Crippen LogP contribution in [0.15, 0.2) is 30.3 Å². The largest absolute Gasteiger partial charge is 0.331 e. The average Bonchev–Trinajstić information content (AvgIpc) is 2.81. The molecule has 0 bridgehead atoms. The molecule has 1 amide bonds. The topological polar surface area (TPSA) is 38.1 Å². The second-order valence-electron chi connectivity index (χ2n) is 5.97. The molecule has 4 nitrogen and oxygen atoms in total. The van der Waals surface area contributed by atoms with E-state index in [4.69, 9.17) is 0 Å². The van der Waals surface area contributed by atoms with E-state index in [1.165, 1.54) is 0 Å². The van der Waals surface area contributed by atoms with Gasteiger partial charge in [-0.3, -0.25) is 9.48 Å². The van der Waals surface area contributed by atoms with Crippen molar-refractivity contribution in [3.63, 3.8) is 0 Å². The maximum Gasteiger partial charge on any atom is 0.272 e. The Kier molecular flexibility index (Phi) is 6.13. The van der Waals surface area contributed by atoms with Crippen LogP contribution >= 0.6 is 0 Å². The van der Waals surface area contributed by atoms with Gasteiger partial charge in [0.15, 0.2) is 0 Å². The average molecular weight is 315 g/mol. The highest BCUT2D eigenvalue weighted by Crippen LogP contribution is 2.28. The van der Waals surface area contributed by atoms with Gasteiger partial charge in [0, 0.05) is 19.7 Å². The summed E-state index contributed by atoms with van der Waals surface area (Å²) < 4.78 is 1.67. The monoisotopic (exact) mass is 315 g/mol. The van der Waals surface area contributed by atoms with Gasteiger partial charge in [-0.1, -0.05) is 44.2 Å². The quantitative estimate of drug-likeness (QED) is 0.856. The molecule has 4 heteroatoms. The fraction of sp³-hybridized carbons (Fsp3) is 0.474. The van der Waals surface area contributed by atoms with Gasteiger partial charge in [-0.25, -0.2) is 0 Å². The molecule has 0 N–H and O–H groups in total. The van der Waals surface area contributed by atoms with E-state index >= 15 is 0 Å². The summed E-state index contributed by atoms with van der Waals surface area (Å²) in [4.78, 5) is 14.7. The molecule has 1 aromatic carbocycles. The minimum Gasteiger partial charge on any atom is -0.331 e. The SMILES string of the molecule is CC.Cc1nn(C)c(C(=O)N(C)C(C)(C)c2ccccc2)c1C. The van der Waals surface area contributed by atoms with E-state index in [-0.39, 0.29) is 11.4 Å². The molecule has 0 spiro atoms. The van der Waals surface area contributed by atoms with Gasteiger partial charge in [0.25, 0.3) is 5.91 Å². The third-order valence-corrected chi connectivity index (χ3v) is 4.35. The lowest BCUT2D eigenvalue weighted by molar-refractivity contribution is 0.0610. The molecule has 0 saturated carbocycles. The Morgan fingerprint density at radius 1 is 1.13 bits per heavy atom. The van der Waals surface area contributed by atoms with Crippen LogP contribution in [0.1, 0.15) is 55.0 Å². The lowest BCUT2D eigenvalue weighted by atomic mass is 9.92. The van der Waals surface area contributed by atoms with Crippen LogP contribution < -0.4 is 0 Å². The zero-order chi connectivity index (χ0) is 17.8. The minimum absolute atomic E-state index is 0.00977. The van der Waals surface area contributed by atoms with Crippen LogP contribution in [-0.4, -0.2) is 27.6 Å². The van der Waals surface area contributed by atoms with Crippen molar-refractivity contribution in [2.24, 2.45) is 7.05 Å². The van der Waals surface area contributed by atoms with Gasteiger partial charge in [-0.15, -0.1) is 0 Å². The molecule has 23 heavy (non-hydrogen) atoms. The zero-order valence-corrected chi connectivity index (χ0v) is 15.6. The van der Waals surface area contributed by atoms with Crippen LogP contribution in [0.25, 0.3) is 0 Å². The number of hydrogen-bond acceptors (Lipinski definition) is 2. The first-order valence-electron chi connectivity index (χ1n) is 8.10. The summed E-state index contributed by atoms with van der Waals surface area (Å²) >= 11 is 0. The van der Waals surface area contributed by atoms with Crippen molar-refractivity contribution >= 4 is 5.91 Å². The first kappa shape index (κ1) is 18.9. The second kappa shape index (κ2) is 7.44. The van der Waals surface area contributed by atoms with Crippen LogP contribution in [-0.2, 0) is 12.6 Å². The number of rotatable bonds is 3. The summed E-state index contributed by atoms with van der Waals surface area (Å²) in [5.74, 6) is -0.00977. The van der Waals surface area contributed by atoms with Crippen molar-refractivity contribution in [2.75, 3.05) is 7.05 Å². The van der Waals surface area contributed by atoms with Crippen LogP contribution in [0.4, 0.5) is 0 Å². The summed E-state index contributed by atoms with van der Waals surface area (Å²) in [6, 6.07) is 10.1. The summed E-state index contributed by atoms with van der Waals surface area (Å²) in [5, 5.41) is 4.34. The molecule has 126 valence electrons. The van der Waals surface area contributed by atoms with E-state index in [1.54, 1.807) is 9.58 Å². The molecule has 1 aromatic heterocycles. The molecule has 2 rings (SSSR count). The number of nitrogens with zero attached hydrogens (tertiary/aromatic N) is 3. The summed E-state index contributed by atoms with van der Waals surface area (Å²) in [5.41, 5.74) is 3.21. The standard InChI is InChI=1S/C17H23N3O.C2H6/c1-12-13(2)18-20(6)15(12)16(21)19(5)17(3,4)14-10-8-7-9-11-14;1-2/h7-11H,1-6H3;1-2H3. The zero-order valence-electron chi connectivity index (χ0n) is 15.6. The molecule has 0 saturated heterocycles. The minimum atomic E-state index is -0.386. The van der Waals surface area contributed by atoms with Crippen LogP contribution in [0.3, 0.4) is 0 Å². The molecule has 0 unspecified atom stereocenters. The molecule has 1 heterocycles. The third kappa shape index (κ3) is 3.63. The molecule has 0 fully saturated rings. The number of aryl methyl sites for hydroxylation is 2. The Hall–Kier alpha value is -2.10. The molecule has 0 aliphatic heterocycles. The predicted octanol–water partition coefficient (Wildman–Crippen LogP) is 4.07. The molecule has 0 radical (unpaired) electrons. The number of hydrogen-bond donors (Lipinski definition) is 0.